The maximum Gasteiger partial charge on any atom is 0.408 e. The van der Waals surface area contributed by atoms with E-state index >= 15 is 0 Å². The molecule has 0 saturated heterocycles. The van der Waals surface area contributed by atoms with E-state index in [1.807, 2.05) is 23.6 Å². The summed E-state index contributed by atoms with van der Waals surface area (Å²) in [5.41, 5.74) is 9.69. The molecule has 5 amide bonds. The van der Waals surface area contributed by atoms with Crippen LogP contribution in [0, 0.1) is 6.92 Å². The number of benzene rings is 2. The Morgan fingerprint density at radius 1 is 1.13 bits per heavy atom. The third-order valence-corrected chi connectivity index (χ3v) is 5.90. The first-order valence-electron chi connectivity index (χ1n) is 12.1. The molecule has 0 bridgehead atoms. The van der Waals surface area contributed by atoms with Crippen molar-refractivity contribution in [2.75, 3.05) is 4.90 Å². The predicted octanol–water partition coefficient (Wildman–Crippen LogP) is 1.18. The lowest BCUT2D eigenvalue weighted by molar-refractivity contribution is -0.137. The number of nitrogens with two attached hydrogens (primary N) is 1. The number of carboxylic acids is 1. The highest BCUT2D eigenvalue weighted by Gasteiger charge is 2.41. The number of urea groups is 1. The molecule has 1 aliphatic rings. The molecule has 2 aromatic rings. The smallest absolute Gasteiger partial charge is 0.408 e. The number of hydrogen-bond acceptors (Lipinski definition) is 7. The van der Waals surface area contributed by atoms with Gasteiger partial charge in [0.05, 0.1) is 18.2 Å². The summed E-state index contributed by atoms with van der Waals surface area (Å²) in [5, 5.41) is 17.8. The van der Waals surface area contributed by atoms with Crippen molar-refractivity contribution in [2.24, 2.45) is 10.8 Å². The molecule has 39 heavy (non-hydrogen) atoms. The number of rotatable bonds is 10. The fourth-order valence-corrected chi connectivity index (χ4v) is 4.17. The number of aryl methyl sites for hydroxylation is 1. The molecule has 13 heteroatoms. The Balaban J connectivity index is 1.77. The number of amides is 5. The number of alkyl carbamates (subject to hydrolysis) is 1. The molecule has 6 N–H and O–H groups in total. The number of hydrazone groups is 1. The molecule has 13 nitrogen and oxygen atoms in total. The van der Waals surface area contributed by atoms with Crippen LogP contribution < -0.4 is 26.7 Å². The molecule has 1 heterocycles. The van der Waals surface area contributed by atoms with Gasteiger partial charge in [-0.05, 0) is 30.5 Å². The van der Waals surface area contributed by atoms with Gasteiger partial charge < -0.3 is 26.2 Å². The number of hydrogen-bond donors (Lipinski definition) is 5. The second-order valence-electron chi connectivity index (χ2n) is 8.91. The Bertz CT molecular complexity index is 1270. The second-order valence-corrected chi connectivity index (χ2v) is 8.91. The fourth-order valence-electron chi connectivity index (χ4n) is 4.17. The van der Waals surface area contributed by atoms with Gasteiger partial charge in [0.15, 0.2) is 0 Å². The lowest BCUT2D eigenvalue weighted by atomic mass is 10.1. The lowest BCUT2D eigenvalue weighted by Gasteiger charge is -2.29. The van der Waals surface area contributed by atoms with Crippen molar-refractivity contribution < 1.29 is 33.8 Å². The molecule has 3 atom stereocenters. The standard InChI is InChI=1S/C26H30N6O7/c1-15-7-6-10-18-11-20(23(35)30-19(12-21(33)34)13-28-31-25(27)37)32(22(15)18)24(36)16(2)29-26(38)39-14-17-8-4-3-5-9-17/h3-10,13,16,19-20H,11-12,14H2,1-2H3,(H,29,38)(H,30,35)(H,33,34)(H3,27,31,37)/b28-13+/t16-,19?,20?/m0/s1. The van der Waals surface area contributed by atoms with Gasteiger partial charge in [-0.25, -0.2) is 15.0 Å². The van der Waals surface area contributed by atoms with E-state index in [0.29, 0.717) is 5.69 Å². The number of para-hydroxylation sites is 1. The molecular formula is C26H30N6O7. The topological polar surface area (TPSA) is 193 Å². The number of fused-ring (bicyclic) bond motifs is 1. The number of carboxylic acid groups (broad SMARTS) is 1. The van der Waals surface area contributed by atoms with E-state index in [-0.39, 0.29) is 13.0 Å². The van der Waals surface area contributed by atoms with Gasteiger partial charge in [-0.1, -0.05) is 48.5 Å². The first-order chi connectivity index (χ1) is 18.6. The third-order valence-electron chi connectivity index (χ3n) is 5.90. The zero-order chi connectivity index (χ0) is 28.5. The molecule has 0 fully saturated rings. The molecule has 1 aliphatic heterocycles. The summed E-state index contributed by atoms with van der Waals surface area (Å²) in [6, 6.07) is 10.3. The van der Waals surface area contributed by atoms with Crippen molar-refractivity contribution in [1.29, 1.82) is 0 Å². The van der Waals surface area contributed by atoms with Gasteiger partial charge in [-0.15, -0.1) is 0 Å². The number of anilines is 1. The Labute approximate surface area is 224 Å². The summed E-state index contributed by atoms with van der Waals surface area (Å²) in [4.78, 5) is 62.8. The SMILES string of the molecule is Cc1cccc2c1N(C(=O)[C@H](C)NC(=O)OCc1ccccc1)C(C(=O)NC(/C=N/NC(N)=O)CC(=O)O)C2. The molecule has 0 aromatic heterocycles. The summed E-state index contributed by atoms with van der Waals surface area (Å²) in [6.45, 7) is 3.29. The van der Waals surface area contributed by atoms with E-state index in [2.05, 4.69) is 15.7 Å². The molecule has 0 radical (unpaired) electrons. The highest BCUT2D eigenvalue weighted by molar-refractivity contribution is 6.07. The second kappa shape index (κ2) is 13.0. The van der Waals surface area contributed by atoms with Crippen LogP contribution in [0.4, 0.5) is 15.3 Å². The number of nitrogens with one attached hydrogen (secondary N) is 3. The van der Waals surface area contributed by atoms with E-state index in [9.17, 15) is 29.1 Å². The first kappa shape index (κ1) is 28.6. The van der Waals surface area contributed by atoms with E-state index in [0.717, 1.165) is 22.9 Å². The number of primary amides is 1. The minimum Gasteiger partial charge on any atom is -0.481 e. The molecule has 206 valence electrons. The Morgan fingerprint density at radius 3 is 2.51 bits per heavy atom. The van der Waals surface area contributed by atoms with Gasteiger partial charge in [-0.3, -0.25) is 19.3 Å². The van der Waals surface area contributed by atoms with Gasteiger partial charge in [-0.2, -0.15) is 5.10 Å². The van der Waals surface area contributed by atoms with Crippen molar-refractivity contribution >= 4 is 41.8 Å². The maximum atomic E-state index is 13.6. The summed E-state index contributed by atoms with van der Waals surface area (Å²) in [6.07, 6.45) is -0.142. The van der Waals surface area contributed by atoms with Crippen LogP contribution >= 0.6 is 0 Å². The minimum absolute atomic E-state index is 0.0153. The average Bonchev–Trinajstić information content (AvgIpc) is 3.28. The van der Waals surface area contributed by atoms with Crippen LogP contribution in [0.25, 0.3) is 0 Å². The summed E-state index contributed by atoms with van der Waals surface area (Å²) in [5.74, 6) is -2.43. The van der Waals surface area contributed by atoms with Crippen molar-refractivity contribution in [3.63, 3.8) is 0 Å². The maximum absolute atomic E-state index is 13.6. The van der Waals surface area contributed by atoms with Crippen molar-refractivity contribution in [3.8, 4) is 0 Å². The van der Waals surface area contributed by atoms with Crippen LogP contribution in [0.15, 0.2) is 53.6 Å². The average molecular weight is 539 g/mol. The lowest BCUT2D eigenvalue weighted by Crippen LogP contribution is -2.55. The van der Waals surface area contributed by atoms with E-state index < -0.39 is 54.5 Å². The third kappa shape index (κ3) is 7.77. The Kier molecular flexibility index (Phi) is 9.57. The van der Waals surface area contributed by atoms with Crippen LogP contribution in [-0.4, -0.2) is 59.4 Å². The minimum atomic E-state index is -1.23. The van der Waals surface area contributed by atoms with Gasteiger partial charge in [0.25, 0.3) is 0 Å². The molecule has 2 unspecified atom stereocenters. The van der Waals surface area contributed by atoms with Gasteiger partial charge in [0.1, 0.15) is 18.7 Å². The summed E-state index contributed by atoms with van der Waals surface area (Å²) in [7, 11) is 0. The zero-order valence-electron chi connectivity index (χ0n) is 21.4. The zero-order valence-corrected chi connectivity index (χ0v) is 21.4. The Hall–Kier alpha value is -4.94. The van der Waals surface area contributed by atoms with Crippen molar-refractivity contribution in [2.45, 2.75) is 51.4 Å². The molecule has 0 spiro atoms. The van der Waals surface area contributed by atoms with Crippen LogP contribution in [0.2, 0.25) is 0 Å². The monoisotopic (exact) mass is 538 g/mol. The van der Waals surface area contributed by atoms with Crippen LogP contribution in [0.3, 0.4) is 0 Å². The van der Waals surface area contributed by atoms with Crippen molar-refractivity contribution in [3.05, 3.63) is 65.2 Å². The normalized spacial score (nSPS) is 15.6. The van der Waals surface area contributed by atoms with Gasteiger partial charge in [0, 0.05) is 12.6 Å². The highest BCUT2D eigenvalue weighted by atomic mass is 16.5. The number of carbonyl (C=O) groups is 5. The first-order valence-corrected chi connectivity index (χ1v) is 12.1. The van der Waals surface area contributed by atoms with E-state index in [1.165, 1.54) is 11.8 Å². The number of carbonyl (C=O) groups excluding carboxylic acids is 4. The van der Waals surface area contributed by atoms with Crippen molar-refractivity contribution in [1.82, 2.24) is 16.1 Å². The summed E-state index contributed by atoms with van der Waals surface area (Å²) < 4.78 is 5.21. The Morgan fingerprint density at radius 2 is 1.85 bits per heavy atom. The molecule has 2 aromatic carbocycles. The number of aliphatic carboxylic acids is 1. The largest absolute Gasteiger partial charge is 0.481 e. The predicted molar refractivity (Wildman–Crippen MR) is 141 cm³/mol. The number of nitrogens with zero attached hydrogens (tertiary/aromatic N) is 2. The fraction of sp³-hybridized carbons (Fsp3) is 0.308. The number of ether oxygens (including phenoxy) is 1. The van der Waals surface area contributed by atoms with Crippen LogP contribution in [-0.2, 0) is 32.1 Å². The van der Waals surface area contributed by atoms with E-state index in [4.69, 9.17) is 10.5 Å². The molecule has 0 saturated carbocycles. The molecule has 3 rings (SSSR count). The molecule has 0 aliphatic carbocycles. The summed E-state index contributed by atoms with van der Waals surface area (Å²) >= 11 is 0. The van der Waals surface area contributed by atoms with Gasteiger partial charge >= 0.3 is 18.1 Å². The van der Waals surface area contributed by atoms with Crippen LogP contribution in [0.5, 0.6) is 0 Å². The van der Waals surface area contributed by atoms with E-state index in [1.54, 1.807) is 37.3 Å². The highest BCUT2D eigenvalue weighted by Crippen LogP contribution is 2.36. The van der Waals surface area contributed by atoms with Crippen LogP contribution in [0.1, 0.15) is 30.0 Å². The van der Waals surface area contributed by atoms with Gasteiger partial charge in [0.2, 0.25) is 11.8 Å². The molecular weight excluding hydrogens is 508 g/mol. The quantitative estimate of drug-likeness (QED) is 0.221.